The fraction of sp³-hybridized carbons (Fsp3) is 0.267. The molecular formula is C15H14ClNO2S. The molecule has 1 aliphatic rings. The van der Waals surface area contributed by atoms with E-state index in [0.717, 1.165) is 16.1 Å². The van der Waals surface area contributed by atoms with Crippen LogP contribution in [0, 0.1) is 0 Å². The molecule has 2 heterocycles. The maximum Gasteiger partial charge on any atom is 0.224 e. The number of hydrogen-bond donors (Lipinski definition) is 2. The lowest BCUT2D eigenvalue weighted by Crippen LogP contribution is -2.21. The number of thiophene rings is 1. The zero-order chi connectivity index (χ0) is 14.1. The first kappa shape index (κ1) is 13.6. The van der Waals surface area contributed by atoms with Crippen molar-refractivity contribution in [2.45, 2.75) is 25.4 Å². The van der Waals surface area contributed by atoms with Gasteiger partial charge in [-0.05, 0) is 35.6 Å². The molecule has 1 aliphatic heterocycles. The van der Waals surface area contributed by atoms with Crippen molar-refractivity contribution in [3.8, 4) is 0 Å². The van der Waals surface area contributed by atoms with Gasteiger partial charge in [-0.2, -0.15) is 0 Å². The molecule has 2 N–H and O–H groups in total. The smallest absolute Gasteiger partial charge is 0.224 e. The average molecular weight is 308 g/mol. The molecule has 1 aromatic heterocycles. The SMILES string of the molecule is O=C1CCc2cc(Cl)cc(C(O)Cc3cccs3)c2N1. The van der Waals surface area contributed by atoms with Crippen LogP contribution in [0.15, 0.2) is 29.6 Å². The number of benzene rings is 1. The number of aliphatic hydroxyl groups excluding tert-OH is 1. The normalized spacial score (nSPS) is 15.6. The molecular weight excluding hydrogens is 294 g/mol. The first-order valence-electron chi connectivity index (χ1n) is 6.46. The van der Waals surface area contributed by atoms with E-state index in [0.29, 0.717) is 29.8 Å². The number of nitrogens with one attached hydrogen (secondary N) is 1. The van der Waals surface area contributed by atoms with Crippen molar-refractivity contribution in [1.82, 2.24) is 0 Å². The van der Waals surface area contributed by atoms with Gasteiger partial charge in [0, 0.05) is 34.0 Å². The Bertz CT molecular complexity index is 640. The van der Waals surface area contributed by atoms with Gasteiger partial charge in [-0.25, -0.2) is 0 Å². The summed E-state index contributed by atoms with van der Waals surface area (Å²) in [6.45, 7) is 0. The largest absolute Gasteiger partial charge is 0.388 e. The predicted molar refractivity (Wildman–Crippen MR) is 81.4 cm³/mol. The Balaban J connectivity index is 1.95. The van der Waals surface area contributed by atoms with Gasteiger partial charge in [0.15, 0.2) is 0 Å². The van der Waals surface area contributed by atoms with Crippen LogP contribution >= 0.6 is 22.9 Å². The summed E-state index contributed by atoms with van der Waals surface area (Å²) in [5.41, 5.74) is 2.43. The van der Waals surface area contributed by atoms with Crippen molar-refractivity contribution < 1.29 is 9.90 Å². The topological polar surface area (TPSA) is 49.3 Å². The molecule has 3 rings (SSSR count). The molecule has 0 spiro atoms. The van der Waals surface area contributed by atoms with E-state index in [1.54, 1.807) is 17.4 Å². The minimum atomic E-state index is -0.667. The summed E-state index contributed by atoms with van der Waals surface area (Å²) in [5, 5.41) is 15.9. The van der Waals surface area contributed by atoms with Crippen molar-refractivity contribution in [3.05, 3.63) is 50.7 Å². The lowest BCUT2D eigenvalue weighted by atomic mass is 9.95. The number of anilines is 1. The van der Waals surface area contributed by atoms with Crippen LogP contribution in [0.2, 0.25) is 5.02 Å². The second-order valence-corrected chi connectivity index (χ2v) is 6.35. The number of fused-ring (bicyclic) bond motifs is 1. The van der Waals surface area contributed by atoms with Crippen molar-refractivity contribution in [2.24, 2.45) is 0 Å². The number of carbonyl (C=O) groups excluding carboxylic acids is 1. The third-order valence-corrected chi connectivity index (χ3v) is 4.55. The molecule has 1 amide bonds. The van der Waals surface area contributed by atoms with E-state index in [4.69, 9.17) is 11.6 Å². The molecule has 0 saturated carbocycles. The van der Waals surface area contributed by atoms with E-state index in [1.807, 2.05) is 23.6 Å². The summed E-state index contributed by atoms with van der Waals surface area (Å²) in [6, 6.07) is 7.55. The molecule has 104 valence electrons. The summed E-state index contributed by atoms with van der Waals surface area (Å²) >= 11 is 7.73. The van der Waals surface area contributed by atoms with E-state index >= 15 is 0 Å². The Hall–Kier alpha value is -1.36. The van der Waals surface area contributed by atoms with E-state index in [9.17, 15) is 9.90 Å². The molecule has 0 saturated heterocycles. The zero-order valence-corrected chi connectivity index (χ0v) is 12.3. The third-order valence-electron chi connectivity index (χ3n) is 3.43. The van der Waals surface area contributed by atoms with Crippen molar-refractivity contribution in [1.29, 1.82) is 0 Å². The van der Waals surface area contributed by atoms with Gasteiger partial charge in [-0.1, -0.05) is 17.7 Å². The van der Waals surface area contributed by atoms with Gasteiger partial charge in [0.25, 0.3) is 0 Å². The van der Waals surface area contributed by atoms with Crippen molar-refractivity contribution in [2.75, 3.05) is 5.32 Å². The fourth-order valence-corrected chi connectivity index (χ4v) is 3.47. The van der Waals surface area contributed by atoms with Crippen molar-refractivity contribution in [3.63, 3.8) is 0 Å². The molecule has 3 nitrogen and oxygen atoms in total. The van der Waals surface area contributed by atoms with Crippen LogP contribution in [0.3, 0.4) is 0 Å². The Kier molecular flexibility index (Phi) is 3.78. The average Bonchev–Trinajstić information content (AvgIpc) is 2.91. The minimum Gasteiger partial charge on any atom is -0.388 e. The molecule has 0 aliphatic carbocycles. The summed E-state index contributed by atoms with van der Waals surface area (Å²) in [5.74, 6) is -0.00982. The predicted octanol–water partition coefficient (Wildman–Crippen LogP) is 3.56. The highest BCUT2D eigenvalue weighted by Gasteiger charge is 2.22. The van der Waals surface area contributed by atoms with Gasteiger partial charge in [0.2, 0.25) is 5.91 Å². The van der Waals surface area contributed by atoms with E-state index < -0.39 is 6.10 Å². The number of rotatable bonds is 3. The third kappa shape index (κ3) is 2.73. The maximum atomic E-state index is 11.6. The standard InChI is InChI=1S/C15H14ClNO2S/c16-10-6-9-3-4-14(19)17-15(9)12(7-10)13(18)8-11-2-1-5-20-11/h1-2,5-7,13,18H,3-4,8H2,(H,17,19). The monoisotopic (exact) mass is 307 g/mol. The summed E-state index contributed by atoms with van der Waals surface area (Å²) in [6.07, 6.45) is 0.994. The molecule has 0 radical (unpaired) electrons. The van der Waals surface area contributed by atoms with Crippen LogP contribution in [-0.4, -0.2) is 11.0 Å². The second-order valence-electron chi connectivity index (χ2n) is 4.88. The summed E-state index contributed by atoms with van der Waals surface area (Å²) in [7, 11) is 0. The van der Waals surface area contributed by atoms with Gasteiger partial charge >= 0.3 is 0 Å². The van der Waals surface area contributed by atoms with Crippen LogP contribution in [0.25, 0.3) is 0 Å². The number of aliphatic hydroxyl groups is 1. The van der Waals surface area contributed by atoms with Gasteiger partial charge < -0.3 is 10.4 Å². The first-order chi connectivity index (χ1) is 9.63. The summed E-state index contributed by atoms with van der Waals surface area (Å²) in [4.78, 5) is 12.7. The Morgan fingerprint density at radius 1 is 1.40 bits per heavy atom. The second kappa shape index (κ2) is 5.56. The Labute approximate surface area is 126 Å². The first-order valence-corrected chi connectivity index (χ1v) is 7.72. The molecule has 1 atom stereocenters. The van der Waals surface area contributed by atoms with E-state index in [1.165, 1.54) is 0 Å². The van der Waals surface area contributed by atoms with Crippen LogP contribution in [0.4, 0.5) is 5.69 Å². The molecule has 1 aromatic carbocycles. The van der Waals surface area contributed by atoms with Crippen LogP contribution < -0.4 is 5.32 Å². The number of aryl methyl sites for hydroxylation is 1. The Morgan fingerprint density at radius 2 is 2.25 bits per heavy atom. The van der Waals surface area contributed by atoms with Gasteiger partial charge in [-0.15, -0.1) is 11.3 Å². The van der Waals surface area contributed by atoms with Gasteiger partial charge in [-0.3, -0.25) is 4.79 Å². The highest BCUT2D eigenvalue weighted by molar-refractivity contribution is 7.09. The molecule has 2 aromatic rings. The zero-order valence-electron chi connectivity index (χ0n) is 10.7. The van der Waals surface area contributed by atoms with Gasteiger partial charge in [0.1, 0.15) is 0 Å². The van der Waals surface area contributed by atoms with Crippen molar-refractivity contribution >= 4 is 34.5 Å². The Morgan fingerprint density at radius 3 is 3.00 bits per heavy atom. The highest BCUT2D eigenvalue weighted by atomic mass is 35.5. The van der Waals surface area contributed by atoms with Crippen LogP contribution in [0.1, 0.15) is 28.5 Å². The molecule has 5 heteroatoms. The van der Waals surface area contributed by atoms with Gasteiger partial charge in [0.05, 0.1) is 6.10 Å². The molecule has 20 heavy (non-hydrogen) atoms. The fourth-order valence-electron chi connectivity index (χ4n) is 2.48. The molecule has 0 fully saturated rings. The lowest BCUT2D eigenvalue weighted by Gasteiger charge is -2.23. The number of amides is 1. The van der Waals surface area contributed by atoms with E-state index in [-0.39, 0.29) is 5.91 Å². The number of halogens is 1. The van der Waals surface area contributed by atoms with Crippen LogP contribution in [-0.2, 0) is 17.6 Å². The number of carbonyl (C=O) groups is 1. The molecule has 1 unspecified atom stereocenters. The minimum absolute atomic E-state index is 0.00982. The highest BCUT2D eigenvalue weighted by Crippen LogP contribution is 2.35. The maximum absolute atomic E-state index is 11.6. The number of hydrogen-bond acceptors (Lipinski definition) is 3. The van der Waals surface area contributed by atoms with E-state index in [2.05, 4.69) is 5.32 Å². The quantitative estimate of drug-likeness (QED) is 0.911. The molecule has 0 bridgehead atoms. The van der Waals surface area contributed by atoms with Crippen LogP contribution in [0.5, 0.6) is 0 Å². The summed E-state index contributed by atoms with van der Waals surface area (Å²) < 4.78 is 0. The lowest BCUT2D eigenvalue weighted by molar-refractivity contribution is -0.116.